The van der Waals surface area contributed by atoms with E-state index in [-0.39, 0.29) is 0 Å². The van der Waals surface area contributed by atoms with E-state index in [0.717, 1.165) is 11.3 Å². The summed E-state index contributed by atoms with van der Waals surface area (Å²) in [5, 5.41) is 4.91. The minimum absolute atomic E-state index is 0.422. The topological polar surface area (TPSA) is 44.1 Å². The fourth-order valence-corrected chi connectivity index (χ4v) is 1.83. The minimum atomic E-state index is -0.422. The van der Waals surface area contributed by atoms with Gasteiger partial charge in [0.05, 0.1) is 21.9 Å². The van der Waals surface area contributed by atoms with Gasteiger partial charge in [0.25, 0.3) is 0 Å². The fourth-order valence-electron chi connectivity index (χ4n) is 1.51. The Balaban J connectivity index is 2.20. The van der Waals surface area contributed by atoms with Crippen molar-refractivity contribution in [1.82, 2.24) is 9.94 Å². The summed E-state index contributed by atoms with van der Waals surface area (Å²) >= 11 is 11.8. The van der Waals surface area contributed by atoms with E-state index in [4.69, 9.17) is 28.0 Å². The third kappa shape index (κ3) is 3.03. The predicted octanol–water partition coefficient (Wildman–Crippen LogP) is 2.76. The molecule has 1 aromatic carbocycles. The first-order valence-corrected chi connectivity index (χ1v) is 5.97. The molecule has 0 aliphatic heterocycles. The molecule has 0 radical (unpaired) electrons. The number of carbonyl (C=O) groups excluding carboxylic acids is 1. The Morgan fingerprint density at radius 1 is 1.33 bits per heavy atom. The molecule has 0 fully saturated rings. The lowest BCUT2D eigenvalue weighted by molar-refractivity contribution is -0.143. The smallest absolute Gasteiger partial charge is 0.319 e. The van der Waals surface area contributed by atoms with Crippen molar-refractivity contribution < 1.29 is 9.63 Å². The molecule has 0 amide bonds. The highest BCUT2D eigenvalue weighted by molar-refractivity contribution is 6.42. The van der Waals surface area contributed by atoms with Gasteiger partial charge in [0.2, 0.25) is 0 Å². The summed E-state index contributed by atoms with van der Waals surface area (Å²) < 4.78 is 0. The highest BCUT2D eigenvalue weighted by atomic mass is 35.5. The van der Waals surface area contributed by atoms with Crippen LogP contribution in [-0.2, 0) is 11.2 Å². The molecule has 1 aromatic heterocycles. The second-order valence-electron chi connectivity index (χ2n) is 3.70. The van der Waals surface area contributed by atoms with E-state index in [9.17, 15) is 4.79 Å². The molecule has 18 heavy (non-hydrogen) atoms. The van der Waals surface area contributed by atoms with Crippen molar-refractivity contribution >= 4 is 29.2 Å². The van der Waals surface area contributed by atoms with Crippen molar-refractivity contribution in [2.45, 2.75) is 13.3 Å². The second kappa shape index (κ2) is 5.42. The largest absolute Gasteiger partial charge is 0.331 e. The number of rotatable bonds is 3. The third-order valence-corrected chi connectivity index (χ3v) is 3.01. The van der Waals surface area contributed by atoms with Gasteiger partial charge in [-0.2, -0.15) is 0 Å². The van der Waals surface area contributed by atoms with Crippen LogP contribution in [0.3, 0.4) is 0 Å². The Labute approximate surface area is 114 Å². The lowest BCUT2D eigenvalue weighted by Crippen LogP contribution is -2.20. The summed E-state index contributed by atoms with van der Waals surface area (Å²) in [5.41, 5.74) is 1.71. The van der Waals surface area contributed by atoms with Crippen LogP contribution in [0, 0.1) is 0 Å². The normalized spacial score (nSPS) is 10.4. The molecule has 0 saturated heterocycles. The first kappa shape index (κ1) is 12.9. The highest BCUT2D eigenvalue weighted by Crippen LogP contribution is 2.23. The van der Waals surface area contributed by atoms with Crippen molar-refractivity contribution in [3.05, 3.63) is 51.8 Å². The van der Waals surface area contributed by atoms with Crippen LogP contribution < -0.4 is 4.84 Å². The average Bonchev–Trinajstić information content (AvgIpc) is 2.70. The molecule has 0 spiro atoms. The number of halogens is 2. The molecule has 2 aromatic rings. The van der Waals surface area contributed by atoms with Gasteiger partial charge in [0, 0.05) is 13.3 Å². The maximum absolute atomic E-state index is 10.9. The number of hydrogen-bond acceptors (Lipinski definition) is 3. The first-order valence-electron chi connectivity index (χ1n) is 5.22. The van der Waals surface area contributed by atoms with E-state index in [1.165, 1.54) is 11.8 Å². The van der Waals surface area contributed by atoms with Crippen LogP contribution in [0.1, 0.15) is 18.2 Å². The van der Waals surface area contributed by atoms with E-state index >= 15 is 0 Å². The fraction of sp³-hybridized carbons (Fsp3) is 0.167. The predicted molar refractivity (Wildman–Crippen MR) is 68.8 cm³/mol. The van der Waals surface area contributed by atoms with Crippen LogP contribution in [0.25, 0.3) is 0 Å². The molecule has 0 saturated carbocycles. The second-order valence-corrected chi connectivity index (χ2v) is 4.52. The van der Waals surface area contributed by atoms with Gasteiger partial charge in [-0.05, 0) is 23.8 Å². The van der Waals surface area contributed by atoms with Crippen molar-refractivity contribution in [1.29, 1.82) is 0 Å². The molecular formula is C12H10Cl2N2O2. The Kier molecular flexibility index (Phi) is 3.89. The Bertz CT molecular complexity index is 581. The van der Waals surface area contributed by atoms with Gasteiger partial charge in [-0.15, -0.1) is 5.10 Å². The summed E-state index contributed by atoms with van der Waals surface area (Å²) in [6.07, 6.45) is 2.11. The molecule has 6 heteroatoms. The zero-order valence-corrected chi connectivity index (χ0v) is 11.1. The molecule has 0 unspecified atom stereocenters. The summed E-state index contributed by atoms with van der Waals surface area (Å²) in [7, 11) is 0. The zero-order valence-electron chi connectivity index (χ0n) is 9.56. The van der Waals surface area contributed by atoms with E-state index in [1.54, 1.807) is 24.4 Å². The van der Waals surface area contributed by atoms with Gasteiger partial charge in [0.15, 0.2) is 0 Å². The monoisotopic (exact) mass is 284 g/mol. The van der Waals surface area contributed by atoms with Crippen molar-refractivity contribution in [2.75, 3.05) is 0 Å². The van der Waals surface area contributed by atoms with E-state index < -0.39 is 5.97 Å². The lowest BCUT2D eigenvalue weighted by atomic mass is 10.1. The van der Waals surface area contributed by atoms with Gasteiger partial charge in [-0.3, -0.25) is 0 Å². The molecular weight excluding hydrogens is 275 g/mol. The SMILES string of the molecule is CC(=O)On1nccc1Cc1ccc(Cl)c(Cl)c1. The molecule has 2 rings (SSSR count). The van der Waals surface area contributed by atoms with Gasteiger partial charge in [-0.1, -0.05) is 34.1 Å². The highest BCUT2D eigenvalue weighted by Gasteiger charge is 2.08. The first-order chi connectivity index (χ1) is 8.56. The maximum atomic E-state index is 10.9. The number of aromatic nitrogens is 2. The van der Waals surface area contributed by atoms with Crippen LogP contribution in [0.15, 0.2) is 30.5 Å². The van der Waals surface area contributed by atoms with Gasteiger partial charge in [-0.25, -0.2) is 4.79 Å². The van der Waals surface area contributed by atoms with Crippen molar-refractivity contribution in [2.24, 2.45) is 0 Å². The van der Waals surface area contributed by atoms with Crippen LogP contribution in [0.5, 0.6) is 0 Å². The minimum Gasteiger partial charge on any atom is -0.319 e. The zero-order chi connectivity index (χ0) is 13.1. The number of hydrogen-bond donors (Lipinski definition) is 0. The molecule has 0 aliphatic rings. The van der Waals surface area contributed by atoms with E-state index in [0.29, 0.717) is 16.5 Å². The molecule has 0 aliphatic carbocycles. The van der Waals surface area contributed by atoms with Crippen LogP contribution in [-0.4, -0.2) is 15.9 Å². The standard InChI is InChI=1S/C12H10Cl2N2O2/c1-8(17)18-16-10(4-5-15-16)6-9-2-3-11(13)12(14)7-9/h2-5,7H,6H2,1H3. The summed E-state index contributed by atoms with van der Waals surface area (Å²) in [4.78, 5) is 17.0. The molecule has 1 heterocycles. The molecule has 0 atom stereocenters. The summed E-state index contributed by atoms with van der Waals surface area (Å²) in [5.74, 6) is -0.422. The molecule has 4 nitrogen and oxygen atoms in total. The molecule has 0 bridgehead atoms. The number of nitrogens with zero attached hydrogens (tertiary/aromatic N) is 2. The number of carbonyl (C=O) groups is 1. The van der Waals surface area contributed by atoms with Crippen LogP contribution in [0.4, 0.5) is 0 Å². The summed E-state index contributed by atoms with van der Waals surface area (Å²) in [6, 6.07) is 7.13. The summed E-state index contributed by atoms with van der Waals surface area (Å²) in [6.45, 7) is 1.32. The van der Waals surface area contributed by atoms with Crippen LogP contribution in [0.2, 0.25) is 10.0 Å². The van der Waals surface area contributed by atoms with Gasteiger partial charge >= 0.3 is 5.97 Å². The van der Waals surface area contributed by atoms with E-state index in [2.05, 4.69) is 5.10 Å². The average molecular weight is 285 g/mol. The lowest BCUT2D eigenvalue weighted by Gasteiger charge is -2.06. The Hall–Kier alpha value is -1.52. The molecule has 94 valence electrons. The van der Waals surface area contributed by atoms with Crippen molar-refractivity contribution in [3.63, 3.8) is 0 Å². The van der Waals surface area contributed by atoms with Crippen LogP contribution >= 0.6 is 23.2 Å². The van der Waals surface area contributed by atoms with Crippen molar-refractivity contribution in [3.8, 4) is 0 Å². The molecule has 0 N–H and O–H groups in total. The Morgan fingerprint density at radius 3 is 2.78 bits per heavy atom. The maximum Gasteiger partial charge on any atom is 0.331 e. The quantitative estimate of drug-likeness (QED) is 0.871. The van der Waals surface area contributed by atoms with Gasteiger partial charge < -0.3 is 4.84 Å². The van der Waals surface area contributed by atoms with E-state index in [1.807, 2.05) is 6.07 Å². The van der Waals surface area contributed by atoms with Gasteiger partial charge in [0.1, 0.15) is 0 Å². The third-order valence-electron chi connectivity index (χ3n) is 2.27. The Morgan fingerprint density at radius 2 is 2.11 bits per heavy atom. The number of benzene rings is 1.